The molecule has 1 N–H and O–H groups in total. The van der Waals surface area contributed by atoms with Gasteiger partial charge in [0.2, 0.25) is 0 Å². The fourth-order valence-corrected chi connectivity index (χ4v) is 3.30. The fourth-order valence-electron chi connectivity index (χ4n) is 3.30. The normalized spacial score (nSPS) is 19.5. The lowest BCUT2D eigenvalue weighted by molar-refractivity contribution is -0.198. The fraction of sp³-hybridized carbons (Fsp3) is 0.619. The number of benzene rings is 1. The second kappa shape index (κ2) is 9.65. The first-order chi connectivity index (χ1) is 14.3. The largest absolute Gasteiger partial charge is 0.493 e. The van der Waals surface area contributed by atoms with Crippen LogP contribution in [-0.2, 0) is 9.53 Å². The molecule has 0 unspecified atom stereocenters. The molecule has 1 aliphatic rings. The van der Waals surface area contributed by atoms with Gasteiger partial charge in [-0.15, -0.1) is 0 Å². The lowest BCUT2D eigenvalue weighted by atomic mass is 9.97. The minimum atomic E-state index is -4.59. The van der Waals surface area contributed by atoms with E-state index in [1.807, 2.05) is 6.92 Å². The van der Waals surface area contributed by atoms with Crippen LogP contribution in [0.2, 0.25) is 0 Å². The minimum Gasteiger partial charge on any atom is -0.493 e. The van der Waals surface area contributed by atoms with Crippen LogP contribution >= 0.6 is 0 Å². The molecule has 1 heterocycles. The Bertz CT molecular complexity index is 792. The van der Waals surface area contributed by atoms with Crippen LogP contribution < -0.4 is 14.8 Å². The van der Waals surface area contributed by atoms with E-state index < -0.39 is 42.5 Å². The molecule has 0 spiro atoms. The molecule has 1 saturated heterocycles. The van der Waals surface area contributed by atoms with Crippen LogP contribution in [-0.4, -0.2) is 61.0 Å². The van der Waals surface area contributed by atoms with Gasteiger partial charge in [0.25, 0.3) is 5.91 Å². The van der Waals surface area contributed by atoms with E-state index in [0.717, 1.165) is 5.56 Å². The molecule has 0 aromatic heterocycles. The van der Waals surface area contributed by atoms with Crippen molar-refractivity contribution in [3.8, 4) is 11.5 Å². The van der Waals surface area contributed by atoms with E-state index in [1.54, 1.807) is 39.0 Å². The van der Waals surface area contributed by atoms with Crippen molar-refractivity contribution in [3.63, 3.8) is 0 Å². The molecule has 2 rings (SSSR count). The van der Waals surface area contributed by atoms with Crippen LogP contribution in [0, 0.1) is 6.92 Å². The topological polar surface area (TPSA) is 77.1 Å². The highest BCUT2D eigenvalue weighted by atomic mass is 19.4. The second-order valence-electron chi connectivity index (χ2n) is 8.47. The van der Waals surface area contributed by atoms with Gasteiger partial charge in [0, 0.05) is 12.6 Å². The van der Waals surface area contributed by atoms with Crippen LogP contribution in [0.4, 0.5) is 18.0 Å². The zero-order valence-electron chi connectivity index (χ0n) is 18.3. The van der Waals surface area contributed by atoms with Gasteiger partial charge in [0.1, 0.15) is 11.6 Å². The van der Waals surface area contributed by atoms with E-state index in [9.17, 15) is 22.8 Å². The molecule has 0 bridgehead atoms. The second-order valence-corrected chi connectivity index (χ2v) is 8.47. The average Bonchev–Trinajstić information content (AvgIpc) is 2.64. The highest BCUT2D eigenvalue weighted by Gasteiger charge is 2.48. The van der Waals surface area contributed by atoms with E-state index >= 15 is 0 Å². The number of nitrogens with zero attached hydrogens (tertiary/aromatic N) is 1. The smallest absolute Gasteiger partial charge is 0.408 e. The quantitative estimate of drug-likeness (QED) is 0.744. The number of alkyl halides is 3. The summed E-state index contributed by atoms with van der Waals surface area (Å²) in [6.45, 7) is 6.00. The van der Waals surface area contributed by atoms with E-state index in [4.69, 9.17) is 14.2 Å². The van der Waals surface area contributed by atoms with E-state index in [0.29, 0.717) is 10.6 Å². The molecule has 1 fully saturated rings. The van der Waals surface area contributed by atoms with Crippen LogP contribution in [0.3, 0.4) is 0 Å². The molecule has 31 heavy (non-hydrogen) atoms. The number of carbonyl (C=O) groups excluding carboxylic acids is 2. The number of alkyl carbamates (subject to hydrolysis) is 1. The lowest BCUT2D eigenvalue weighted by Gasteiger charge is -2.40. The summed E-state index contributed by atoms with van der Waals surface area (Å²) >= 11 is 0. The highest BCUT2D eigenvalue weighted by Crippen LogP contribution is 2.33. The number of halogens is 3. The number of piperidine rings is 1. The number of carbonyl (C=O) groups is 2. The van der Waals surface area contributed by atoms with Crippen molar-refractivity contribution in [2.75, 3.05) is 20.3 Å². The third-order valence-corrected chi connectivity index (χ3v) is 4.67. The van der Waals surface area contributed by atoms with Gasteiger partial charge in [0.15, 0.2) is 18.1 Å². The molecule has 10 heteroatoms. The van der Waals surface area contributed by atoms with Gasteiger partial charge in [-0.2, -0.15) is 13.2 Å². The number of rotatable bonds is 5. The number of nitrogens with one attached hydrogen (secondary N) is 1. The van der Waals surface area contributed by atoms with Crippen LogP contribution in [0.5, 0.6) is 11.5 Å². The Morgan fingerprint density at radius 2 is 1.84 bits per heavy atom. The monoisotopic (exact) mass is 446 g/mol. The molecule has 0 aliphatic carbocycles. The maximum atomic E-state index is 13.5. The van der Waals surface area contributed by atoms with Crippen LogP contribution in [0.15, 0.2) is 18.2 Å². The van der Waals surface area contributed by atoms with Crippen molar-refractivity contribution in [2.24, 2.45) is 0 Å². The Morgan fingerprint density at radius 1 is 1.16 bits per heavy atom. The van der Waals surface area contributed by atoms with Crippen LogP contribution in [0.1, 0.15) is 39.2 Å². The first-order valence-electron chi connectivity index (χ1n) is 9.93. The first-order valence-corrected chi connectivity index (χ1v) is 9.93. The molecule has 2 atom stereocenters. The maximum Gasteiger partial charge on any atom is 0.408 e. The summed E-state index contributed by atoms with van der Waals surface area (Å²) in [5, 5.41) is 2.55. The van der Waals surface area contributed by atoms with Crippen molar-refractivity contribution in [2.45, 2.75) is 64.4 Å². The first kappa shape index (κ1) is 24.6. The predicted molar refractivity (Wildman–Crippen MR) is 107 cm³/mol. The van der Waals surface area contributed by atoms with Gasteiger partial charge in [0.05, 0.1) is 7.11 Å². The number of ether oxygens (including phenoxy) is 3. The molecule has 2 amide bonds. The van der Waals surface area contributed by atoms with Crippen molar-refractivity contribution >= 4 is 12.0 Å². The zero-order valence-corrected chi connectivity index (χ0v) is 18.3. The van der Waals surface area contributed by atoms with Crippen molar-refractivity contribution in [3.05, 3.63) is 23.8 Å². The number of hydrogen-bond acceptors (Lipinski definition) is 5. The number of methoxy groups -OCH3 is 1. The number of aryl methyl sites for hydroxylation is 1. The van der Waals surface area contributed by atoms with Gasteiger partial charge in [-0.1, -0.05) is 6.07 Å². The Morgan fingerprint density at radius 3 is 2.42 bits per heavy atom. The molecule has 174 valence electrons. The van der Waals surface area contributed by atoms with Gasteiger partial charge in [-0.3, -0.25) is 4.79 Å². The Balaban J connectivity index is 2.09. The predicted octanol–water partition coefficient (Wildman–Crippen LogP) is 3.83. The average molecular weight is 446 g/mol. The van der Waals surface area contributed by atoms with E-state index in [2.05, 4.69) is 5.32 Å². The lowest BCUT2D eigenvalue weighted by Crippen LogP contribution is -2.59. The molecule has 0 saturated carbocycles. The summed E-state index contributed by atoms with van der Waals surface area (Å²) in [6, 6.07) is 2.42. The highest BCUT2D eigenvalue weighted by molar-refractivity contribution is 5.78. The maximum absolute atomic E-state index is 13.5. The zero-order chi connectivity index (χ0) is 23.4. The third kappa shape index (κ3) is 7.22. The number of likely N-dealkylation sites (tertiary alicyclic amines) is 1. The SMILES string of the molecule is COc1cc(C)ccc1OCC(=O)N1C[C@@H](NC(=O)OC(C)(C)C)CC[C@@H]1C(F)(F)F. The summed E-state index contributed by atoms with van der Waals surface area (Å²) in [7, 11) is 1.43. The van der Waals surface area contributed by atoms with Gasteiger partial charge >= 0.3 is 12.3 Å². The van der Waals surface area contributed by atoms with Crippen molar-refractivity contribution < 1.29 is 37.0 Å². The molecular formula is C21H29F3N2O5. The summed E-state index contributed by atoms with van der Waals surface area (Å²) in [4.78, 5) is 25.4. The summed E-state index contributed by atoms with van der Waals surface area (Å²) in [6.07, 6.45) is -5.59. The van der Waals surface area contributed by atoms with Gasteiger partial charge in [-0.05, 0) is 58.2 Å². The standard InChI is InChI=1S/C21H29F3N2O5/c1-13-6-8-15(16(10-13)29-5)30-12-18(27)26-11-14(7-9-17(26)21(22,23)24)25-19(28)31-20(2,3)4/h6,8,10,14,17H,7,9,11-12H2,1-5H3,(H,25,28)/t14-,17+/m0/s1. The summed E-state index contributed by atoms with van der Waals surface area (Å²) < 4.78 is 56.4. The molecule has 1 aromatic carbocycles. The van der Waals surface area contributed by atoms with Gasteiger partial charge < -0.3 is 24.4 Å². The Labute approximate surface area is 179 Å². The number of hydrogen-bond donors (Lipinski definition) is 1. The molecular weight excluding hydrogens is 417 g/mol. The van der Waals surface area contributed by atoms with Crippen molar-refractivity contribution in [1.82, 2.24) is 10.2 Å². The molecule has 7 nitrogen and oxygen atoms in total. The number of amides is 2. The molecule has 0 radical (unpaired) electrons. The minimum absolute atomic E-state index is 0.0693. The van der Waals surface area contributed by atoms with Gasteiger partial charge in [-0.25, -0.2) is 4.79 Å². The third-order valence-electron chi connectivity index (χ3n) is 4.67. The molecule has 1 aromatic rings. The van der Waals surface area contributed by atoms with E-state index in [-0.39, 0.29) is 25.1 Å². The van der Waals surface area contributed by atoms with E-state index in [1.165, 1.54) is 7.11 Å². The summed E-state index contributed by atoms with van der Waals surface area (Å²) in [5.74, 6) is -0.200. The van der Waals surface area contributed by atoms with Crippen LogP contribution in [0.25, 0.3) is 0 Å². The Kier molecular flexibility index (Phi) is 7.67. The molecule has 1 aliphatic heterocycles. The van der Waals surface area contributed by atoms with Crippen molar-refractivity contribution in [1.29, 1.82) is 0 Å². The summed E-state index contributed by atoms with van der Waals surface area (Å²) in [5.41, 5.74) is 0.156. The Hall–Kier alpha value is -2.65.